The zero-order valence-corrected chi connectivity index (χ0v) is 23.9. The Hall–Kier alpha value is -5.17. The molecule has 4 aromatic carbocycles. The number of ether oxygens (including phenoxy) is 3. The molecule has 7 heteroatoms. The summed E-state index contributed by atoms with van der Waals surface area (Å²) in [5.74, 6) is -0.571. The minimum atomic E-state index is -1.63. The van der Waals surface area contributed by atoms with Gasteiger partial charge in [-0.15, -0.1) is 0 Å². The van der Waals surface area contributed by atoms with Crippen LogP contribution in [-0.2, 0) is 0 Å². The van der Waals surface area contributed by atoms with Crippen LogP contribution in [0.1, 0.15) is 48.1 Å². The Balaban J connectivity index is 1.58. The smallest absolute Gasteiger partial charge is 0.203 e. The molecule has 1 fully saturated rings. The number of hydrogen-bond acceptors (Lipinski definition) is 7. The second kappa shape index (κ2) is 9.98. The van der Waals surface area contributed by atoms with Crippen molar-refractivity contribution in [3.05, 3.63) is 125 Å². The van der Waals surface area contributed by atoms with E-state index in [2.05, 4.69) is 0 Å². The summed E-state index contributed by atoms with van der Waals surface area (Å²) in [4.78, 5) is 46.4. The number of carbonyl (C=O) groups is 3. The minimum Gasteiger partial charge on any atom is -0.493 e. The van der Waals surface area contributed by atoms with Crippen molar-refractivity contribution < 1.29 is 28.6 Å². The molecule has 4 aromatic rings. The summed E-state index contributed by atoms with van der Waals surface area (Å²) in [5.41, 5.74) is 1.85. The first-order valence-electron chi connectivity index (χ1n) is 14.1. The fourth-order valence-corrected chi connectivity index (χ4v) is 7.34. The molecule has 0 aromatic heterocycles. The number of para-hydroxylation sites is 1. The fraction of sp³-hybridized carbons (Fsp3) is 0.194. The molecule has 0 saturated carbocycles. The summed E-state index contributed by atoms with van der Waals surface area (Å²) >= 11 is 0. The van der Waals surface area contributed by atoms with Crippen molar-refractivity contribution in [2.24, 2.45) is 5.41 Å². The van der Waals surface area contributed by atoms with Gasteiger partial charge in [0, 0.05) is 28.3 Å². The molecule has 1 unspecified atom stereocenters. The van der Waals surface area contributed by atoms with Gasteiger partial charge in [-0.3, -0.25) is 14.4 Å². The van der Waals surface area contributed by atoms with E-state index in [1.54, 1.807) is 48.5 Å². The largest absolute Gasteiger partial charge is 0.493 e. The number of carbonyl (C=O) groups excluding carboxylic acids is 3. The highest BCUT2D eigenvalue weighted by Crippen LogP contribution is 2.61. The van der Waals surface area contributed by atoms with E-state index in [9.17, 15) is 14.4 Å². The third-order valence-electron chi connectivity index (χ3n) is 9.09. The molecular formula is C36H29NO6. The van der Waals surface area contributed by atoms with Crippen LogP contribution in [0.4, 0.5) is 5.69 Å². The lowest BCUT2D eigenvalue weighted by molar-refractivity contribution is 0.0665. The monoisotopic (exact) mass is 571 g/mol. The van der Waals surface area contributed by atoms with Crippen LogP contribution in [0.15, 0.2) is 97.1 Å². The molecule has 0 amide bonds. The van der Waals surface area contributed by atoms with E-state index < -0.39 is 23.4 Å². The van der Waals surface area contributed by atoms with Gasteiger partial charge in [0.05, 0.1) is 27.4 Å². The van der Waals surface area contributed by atoms with E-state index in [0.29, 0.717) is 39.5 Å². The Bertz CT molecular complexity index is 1770. The SMILES string of the molecule is COc1cc([C@H]2[C@H](C(=O)c3ccccc3)N3c4ccccc4C=CC3C23C(=O)c2ccccc2C3=O)cc(OC)c1OC. The third-order valence-corrected chi connectivity index (χ3v) is 9.09. The number of hydrogen-bond donors (Lipinski definition) is 0. The van der Waals surface area contributed by atoms with Gasteiger partial charge >= 0.3 is 0 Å². The van der Waals surface area contributed by atoms with Crippen LogP contribution in [0, 0.1) is 5.41 Å². The molecule has 1 spiro atoms. The van der Waals surface area contributed by atoms with Crippen LogP contribution >= 0.6 is 0 Å². The topological polar surface area (TPSA) is 82.1 Å². The number of anilines is 1. The first-order valence-corrected chi connectivity index (χ1v) is 14.1. The molecule has 3 atom stereocenters. The van der Waals surface area contributed by atoms with Crippen LogP contribution in [0.25, 0.3) is 6.08 Å². The van der Waals surface area contributed by atoms with E-state index in [4.69, 9.17) is 14.2 Å². The lowest BCUT2D eigenvalue weighted by atomic mass is 9.64. The summed E-state index contributed by atoms with van der Waals surface area (Å²) < 4.78 is 17.0. The number of rotatable bonds is 6. The Kier molecular flexibility index (Phi) is 6.20. The number of ketones is 3. The van der Waals surface area contributed by atoms with Crippen molar-refractivity contribution in [1.29, 1.82) is 0 Å². The Morgan fingerprint density at radius 2 is 1.33 bits per heavy atom. The molecule has 1 saturated heterocycles. The van der Waals surface area contributed by atoms with Gasteiger partial charge < -0.3 is 19.1 Å². The van der Waals surface area contributed by atoms with Gasteiger partial charge in [0.15, 0.2) is 28.8 Å². The highest BCUT2D eigenvalue weighted by molar-refractivity contribution is 6.32. The van der Waals surface area contributed by atoms with Gasteiger partial charge in [-0.25, -0.2) is 0 Å². The van der Waals surface area contributed by atoms with Crippen molar-refractivity contribution in [3.8, 4) is 17.2 Å². The first kappa shape index (κ1) is 26.7. The quantitative estimate of drug-likeness (QED) is 0.207. The second-order valence-corrected chi connectivity index (χ2v) is 11.0. The molecule has 7 nitrogen and oxygen atoms in total. The van der Waals surface area contributed by atoms with Crippen molar-refractivity contribution in [2.75, 3.05) is 26.2 Å². The van der Waals surface area contributed by atoms with Crippen LogP contribution in [0.3, 0.4) is 0 Å². The van der Waals surface area contributed by atoms with Crippen molar-refractivity contribution in [1.82, 2.24) is 0 Å². The van der Waals surface area contributed by atoms with E-state index in [1.165, 1.54) is 21.3 Å². The maximum absolute atomic E-state index is 14.8. The van der Waals surface area contributed by atoms with Gasteiger partial charge in [0.2, 0.25) is 5.75 Å². The number of nitrogens with zero attached hydrogens (tertiary/aromatic N) is 1. The highest BCUT2D eigenvalue weighted by Gasteiger charge is 2.71. The maximum atomic E-state index is 14.8. The van der Waals surface area contributed by atoms with Crippen LogP contribution < -0.4 is 19.1 Å². The predicted molar refractivity (Wildman–Crippen MR) is 163 cm³/mol. The lowest BCUT2D eigenvalue weighted by Crippen LogP contribution is -2.48. The van der Waals surface area contributed by atoms with Crippen molar-refractivity contribution in [2.45, 2.75) is 18.0 Å². The highest BCUT2D eigenvalue weighted by atomic mass is 16.5. The van der Waals surface area contributed by atoms with Crippen molar-refractivity contribution in [3.63, 3.8) is 0 Å². The Morgan fingerprint density at radius 1 is 0.744 bits per heavy atom. The molecule has 0 radical (unpaired) electrons. The molecule has 43 heavy (non-hydrogen) atoms. The lowest BCUT2D eigenvalue weighted by Gasteiger charge is -2.37. The zero-order chi connectivity index (χ0) is 29.9. The molecule has 7 rings (SSSR count). The maximum Gasteiger partial charge on any atom is 0.203 e. The van der Waals surface area contributed by atoms with Gasteiger partial charge in [0.1, 0.15) is 11.5 Å². The molecule has 1 aliphatic carbocycles. The van der Waals surface area contributed by atoms with Gasteiger partial charge in [-0.2, -0.15) is 0 Å². The molecule has 2 heterocycles. The predicted octanol–water partition coefficient (Wildman–Crippen LogP) is 6.03. The standard InChI is InChI=1S/C36H29NO6/c1-41-27-19-23(20-28(42-2)33(27)43-3)30-31(32(38)22-12-5-4-6-13-22)37-26-16-10-7-11-21(26)17-18-29(37)36(30)34(39)24-14-8-9-15-25(24)35(36)40/h4-20,29-31H,1-3H3/t29?,30-,31+/m0/s1. The van der Waals surface area contributed by atoms with E-state index in [0.717, 1.165) is 11.3 Å². The van der Waals surface area contributed by atoms with E-state index >= 15 is 0 Å². The van der Waals surface area contributed by atoms with E-state index in [1.807, 2.05) is 59.5 Å². The molecule has 214 valence electrons. The molecule has 0 bridgehead atoms. The summed E-state index contributed by atoms with van der Waals surface area (Å²) in [7, 11) is 4.55. The van der Waals surface area contributed by atoms with E-state index in [-0.39, 0.29) is 17.3 Å². The number of fused-ring (bicyclic) bond motifs is 5. The molecule has 2 aliphatic heterocycles. The molecular weight excluding hydrogens is 542 g/mol. The van der Waals surface area contributed by atoms with Crippen LogP contribution in [-0.4, -0.2) is 50.8 Å². The van der Waals surface area contributed by atoms with Gasteiger partial charge in [-0.1, -0.05) is 84.9 Å². The first-order chi connectivity index (χ1) is 21.0. The number of benzene rings is 4. The normalized spacial score (nSPS) is 20.9. The Labute approximate surface area is 249 Å². The summed E-state index contributed by atoms with van der Waals surface area (Å²) in [6.07, 6.45) is 3.86. The summed E-state index contributed by atoms with van der Waals surface area (Å²) in [6, 6.07) is 25.6. The summed E-state index contributed by atoms with van der Waals surface area (Å²) in [6.45, 7) is 0. The van der Waals surface area contributed by atoms with Gasteiger partial charge in [-0.05, 0) is 29.3 Å². The second-order valence-electron chi connectivity index (χ2n) is 11.0. The minimum absolute atomic E-state index is 0.192. The van der Waals surface area contributed by atoms with Gasteiger partial charge in [0.25, 0.3) is 0 Å². The number of methoxy groups -OCH3 is 3. The zero-order valence-electron chi connectivity index (χ0n) is 23.9. The van der Waals surface area contributed by atoms with Crippen LogP contribution in [0.5, 0.6) is 17.2 Å². The average Bonchev–Trinajstić information content (AvgIpc) is 3.50. The summed E-state index contributed by atoms with van der Waals surface area (Å²) in [5, 5.41) is 0. The third kappa shape index (κ3) is 3.57. The molecule has 3 aliphatic rings. The van der Waals surface area contributed by atoms with Crippen LogP contribution in [0.2, 0.25) is 0 Å². The Morgan fingerprint density at radius 3 is 1.93 bits per heavy atom. The molecule has 0 N–H and O–H groups in total. The average molecular weight is 572 g/mol. The number of Topliss-reactive ketones (excluding diaryl/α,β-unsaturated/α-hetero) is 3. The van der Waals surface area contributed by atoms with Crippen molar-refractivity contribution >= 4 is 29.1 Å². The fourth-order valence-electron chi connectivity index (χ4n) is 7.34.